The van der Waals surface area contributed by atoms with E-state index in [2.05, 4.69) is 51.3 Å². The number of amides is 2. The van der Waals surface area contributed by atoms with Gasteiger partial charge in [0, 0.05) is 37.3 Å². The van der Waals surface area contributed by atoms with Gasteiger partial charge in [-0.1, -0.05) is 0 Å². The van der Waals surface area contributed by atoms with Gasteiger partial charge in [0.15, 0.2) is 11.6 Å². The van der Waals surface area contributed by atoms with E-state index in [1.807, 2.05) is 30.6 Å². The number of hydrogen-bond acceptors (Lipinski definition) is 7. The number of nitrogens with two attached hydrogens (primary N) is 1. The Morgan fingerprint density at radius 3 is 2.66 bits per heavy atom. The van der Waals surface area contributed by atoms with Crippen molar-refractivity contribution < 1.29 is 9.18 Å². The molecule has 4 rings (SSSR count). The van der Waals surface area contributed by atoms with Gasteiger partial charge in [-0.3, -0.25) is 10.00 Å². The Morgan fingerprint density at radius 2 is 1.97 bits per heavy atom. The first kappa shape index (κ1) is 22.3. The van der Waals surface area contributed by atoms with E-state index in [0.717, 1.165) is 17.8 Å². The van der Waals surface area contributed by atoms with E-state index in [4.69, 9.17) is 5.73 Å². The lowest BCUT2D eigenvalue weighted by Gasteiger charge is -2.45. The number of piperazine rings is 1. The van der Waals surface area contributed by atoms with E-state index >= 15 is 0 Å². The molecule has 0 saturated carbocycles. The first-order chi connectivity index (χ1) is 15.1. The van der Waals surface area contributed by atoms with Crippen molar-refractivity contribution in [3.05, 3.63) is 17.1 Å². The van der Waals surface area contributed by atoms with Gasteiger partial charge in [-0.25, -0.2) is 14.2 Å². The Balaban J connectivity index is 1.69. The van der Waals surface area contributed by atoms with Crippen LogP contribution >= 0.6 is 0 Å². The Hall–Kier alpha value is -2.95. The Bertz CT molecular complexity index is 1040. The zero-order chi connectivity index (χ0) is 23.4. The smallest absolute Gasteiger partial charge is 0.321 e. The van der Waals surface area contributed by atoms with Crippen LogP contribution in [0.4, 0.5) is 21.0 Å². The summed E-state index contributed by atoms with van der Waals surface area (Å²) in [5.41, 5.74) is 7.06. The van der Waals surface area contributed by atoms with Crippen LogP contribution in [0.3, 0.4) is 0 Å². The maximum atomic E-state index is 14.9. The fourth-order valence-electron chi connectivity index (χ4n) is 4.60. The Morgan fingerprint density at radius 1 is 1.25 bits per heavy atom. The number of hydrogen-bond donors (Lipinski definition) is 3. The summed E-state index contributed by atoms with van der Waals surface area (Å²) in [7, 11) is 2.08. The minimum absolute atomic E-state index is 0.0256. The Kier molecular flexibility index (Phi) is 5.48. The molecule has 2 aliphatic rings. The average molecular weight is 446 g/mol. The molecular weight excluding hydrogens is 413 g/mol. The topological polar surface area (TPSA) is 119 Å². The molecule has 0 aromatic carbocycles. The number of halogens is 1. The maximum Gasteiger partial charge on any atom is 0.321 e. The molecule has 2 aromatic rings. The molecule has 2 atom stereocenters. The molecular formula is C21H32FN9O. The lowest BCUT2D eigenvalue weighted by molar-refractivity contribution is 0.0457. The van der Waals surface area contributed by atoms with Gasteiger partial charge in [0.2, 0.25) is 5.95 Å². The summed E-state index contributed by atoms with van der Waals surface area (Å²) in [6.07, 6.45) is 0. The summed E-state index contributed by atoms with van der Waals surface area (Å²) in [4.78, 5) is 27.9. The number of urea groups is 1. The fraction of sp³-hybridized carbons (Fsp3) is 0.619. The number of nitrogen functional groups attached to an aromatic ring is 1. The molecule has 4 N–H and O–H groups in total. The van der Waals surface area contributed by atoms with Gasteiger partial charge in [-0.2, -0.15) is 10.1 Å². The first-order valence-corrected chi connectivity index (χ1v) is 11.0. The number of carbonyl (C=O) groups is 1. The van der Waals surface area contributed by atoms with E-state index < -0.39 is 11.4 Å². The van der Waals surface area contributed by atoms with Crippen molar-refractivity contribution in [2.75, 3.05) is 37.7 Å². The second-order valence-electron chi connectivity index (χ2n) is 9.27. The van der Waals surface area contributed by atoms with E-state index in [1.165, 1.54) is 0 Å². The molecule has 10 nitrogen and oxygen atoms in total. The number of carbonyl (C=O) groups excluding carboxylic acids is 1. The fourth-order valence-corrected chi connectivity index (χ4v) is 4.60. The molecule has 1 fully saturated rings. The summed E-state index contributed by atoms with van der Waals surface area (Å²) >= 11 is 0. The molecule has 1 saturated heterocycles. The van der Waals surface area contributed by atoms with Gasteiger partial charge in [0.25, 0.3) is 0 Å². The van der Waals surface area contributed by atoms with Gasteiger partial charge >= 0.3 is 6.03 Å². The Labute approximate surface area is 187 Å². The van der Waals surface area contributed by atoms with Gasteiger partial charge in [-0.05, 0) is 41.7 Å². The number of aromatic nitrogens is 4. The van der Waals surface area contributed by atoms with Gasteiger partial charge in [0.1, 0.15) is 11.4 Å². The highest BCUT2D eigenvalue weighted by Crippen LogP contribution is 2.43. The summed E-state index contributed by atoms with van der Waals surface area (Å²) in [5.74, 6) is -0.721. The molecule has 0 radical (unpaired) electrons. The average Bonchev–Trinajstić information content (AvgIpc) is 3.25. The highest BCUT2D eigenvalue weighted by atomic mass is 19.1. The predicted molar refractivity (Wildman–Crippen MR) is 120 cm³/mol. The second kappa shape index (κ2) is 7.88. The van der Waals surface area contributed by atoms with E-state index in [0.29, 0.717) is 25.3 Å². The lowest BCUT2D eigenvalue weighted by Crippen LogP contribution is -2.60. The highest BCUT2D eigenvalue weighted by molar-refractivity contribution is 5.78. The van der Waals surface area contributed by atoms with Crippen LogP contribution in [0.2, 0.25) is 0 Å². The molecule has 2 aliphatic heterocycles. The molecule has 174 valence electrons. The summed E-state index contributed by atoms with van der Waals surface area (Å²) < 4.78 is 14.9. The molecule has 2 amide bonds. The minimum Gasteiger partial charge on any atom is -0.381 e. The van der Waals surface area contributed by atoms with Crippen LogP contribution in [0.25, 0.3) is 11.4 Å². The summed E-state index contributed by atoms with van der Waals surface area (Å²) in [6.45, 7) is 12.4. The van der Waals surface area contributed by atoms with Crippen LogP contribution < -0.4 is 11.1 Å². The second-order valence-corrected chi connectivity index (χ2v) is 9.27. The highest BCUT2D eigenvalue weighted by Gasteiger charge is 2.47. The quantitative estimate of drug-likeness (QED) is 0.663. The third-order valence-corrected chi connectivity index (χ3v) is 6.68. The predicted octanol–water partition coefficient (Wildman–Crippen LogP) is 2.21. The summed E-state index contributed by atoms with van der Waals surface area (Å²) in [6, 6.07) is 0.338. The monoisotopic (exact) mass is 445 g/mol. The maximum absolute atomic E-state index is 14.9. The molecule has 0 bridgehead atoms. The number of nitrogens with one attached hydrogen (secondary N) is 2. The number of H-pyrrole nitrogens is 1. The molecule has 32 heavy (non-hydrogen) atoms. The number of anilines is 2. The standard InChI is InChI=1S/C21H32FN9O/c1-7-24-19-25-16(14(22)18(23)26-19)15-13-10-31(21(4,5)17(13)28-27-15)20(32)30-9-11(2)29(6)8-12(30)3/h11-12H,7-10H2,1-6H3,(H,27,28)(H3,23,24,25,26)/t11-,12+/m1/s1. The lowest BCUT2D eigenvalue weighted by atomic mass is 9.99. The molecule has 11 heteroatoms. The zero-order valence-corrected chi connectivity index (χ0v) is 19.5. The number of fused-ring (bicyclic) bond motifs is 1. The largest absolute Gasteiger partial charge is 0.381 e. The van der Waals surface area contributed by atoms with E-state index in [9.17, 15) is 9.18 Å². The molecule has 2 aromatic heterocycles. The van der Waals surface area contributed by atoms with Crippen LogP contribution in [-0.2, 0) is 12.1 Å². The normalized spacial score (nSPS) is 22.8. The molecule has 4 heterocycles. The SMILES string of the molecule is CCNc1nc(N)c(F)c(-c2n[nH]c3c2CN(C(=O)N2C[C@@H](C)N(C)C[C@@H]2C)C3(C)C)n1. The van der Waals surface area contributed by atoms with Gasteiger partial charge < -0.3 is 20.9 Å². The van der Waals surface area contributed by atoms with Crippen LogP contribution in [0.15, 0.2) is 0 Å². The number of nitrogens with zero attached hydrogens (tertiary/aromatic N) is 6. The third kappa shape index (κ3) is 3.44. The number of rotatable bonds is 3. The molecule has 0 unspecified atom stereocenters. The first-order valence-electron chi connectivity index (χ1n) is 11.0. The van der Waals surface area contributed by atoms with Crippen LogP contribution in [0, 0.1) is 5.82 Å². The van der Waals surface area contributed by atoms with E-state index in [1.54, 1.807) is 0 Å². The van der Waals surface area contributed by atoms with Crippen molar-refractivity contribution in [3.8, 4) is 11.4 Å². The van der Waals surface area contributed by atoms with Crippen molar-refractivity contribution in [3.63, 3.8) is 0 Å². The molecule has 0 aliphatic carbocycles. The van der Waals surface area contributed by atoms with Crippen LogP contribution in [0.5, 0.6) is 0 Å². The van der Waals surface area contributed by atoms with Crippen molar-refractivity contribution in [1.29, 1.82) is 0 Å². The number of likely N-dealkylation sites (N-methyl/N-ethyl adjacent to an activating group) is 1. The van der Waals surface area contributed by atoms with Gasteiger partial charge in [-0.15, -0.1) is 0 Å². The summed E-state index contributed by atoms with van der Waals surface area (Å²) in [5, 5.41) is 10.3. The van der Waals surface area contributed by atoms with Crippen molar-refractivity contribution in [2.45, 2.75) is 58.8 Å². The third-order valence-electron chi connectivity index (χ3n) is 6.68. The van der Waals surface area contributed by atoms with Crippen molar-refractivity contribution in [2.24, 2.45) is 0 Å². The number of aromatic amines is 1. The molecule has 0 spiro atoms. The van der Waals surface area contributed by atoms with Crippen LogP contribution in [-0.4, -0.2) is 79.7 Å². The van der Waals surface area contributed by atoms with Crippen molar-refractivity contribution >= 4 is 17.8 Å². The van der Waals surface area contributed by atoms with Gasteiger partial charge in [0.05, 0.1) is 17.8 Å². The van der Waals surface area contributed by atoms with Crippen molar-refractivity contribution in [1.82, 2.24) is 34.9 Å². The van der Waals surface area contributed by atoms with E-state index in [-0.39, 0.29) is 35.6 Å². The van der Waals surface area contributed by atoms with Crippen LogP contribution in [0.1, 0.15) is 45.9 Å². The minimum atomic E-state index is -0.718. The zero-order valence-electron chi connectivity index (χ0n) is 19.5.